The monoisotopic (exact) mass is 983 g/mol. The molecule has 0 N–H and O–H groups in total. The molecule has 0 spiro atoms. The van der Waals surface area contributed by atoms with E-state index in [0.29, 0.717) is 6.54 Å². The number of rotatable bonds is 7. The zero-order valence-corrected chi connectivity index (χ0v) is 32.9. The first kappa shape index (κ1) is 48.0. The number of nitrogens with zero attached hydrogens (tertiary/aromatic N) is 1. The van der Waals surface area contributed by atoms with Crippen molar-refractivity contribution in [2.75, 3.05) is 0 Å². The highest BCUT2D eigenvalue weighted by atomic mass is 32.1. The van der Waals surface area contributed by atoms with E-state index in [1.54, 1.807) is 11.3 Å². The third-order valence-electron chi connectivity index (χ3n) is 10.6. The molecule has 2 nitrogen and oxygen atoms in total. The molecule has 0 aliphatic carbocycles. The summed E-state index contributed by atoms with van der Waals surface area (Å²) in [6, 6.07) is 22.1. The molecule has 24 heteroatoms. The smallest absolute Gasteiger partial charge is 0.228 e. The van der Waals surface area contributed by atoms with Crippen LogP contribution in [0.25, 0.3) is 21.0 Å². The van der Waals surface area contributed by atoms with Crippen LogP contribution in [0.1, 0.15) is 10.4 Å². The Morgan fingerprint density at radius 3 is 1.09 bits per heavy atom. The molecule has 0 atom stereocenters. The topological polar surface area (TPSA) is 20.9 Å². The van der Waals surface area contributed by atoms with Gasteiger partial charge in [0.1, 0.15) is 57.4 Å². The van der Waals surface area contributed by atoms with Crippen molar-refractivity contribution in [3.63, 3.8) is 0 Å². The van der Waals surface area contributed by atoms with Gasteiger partial charge >= 0.3 is 0 Å². The average Bonchev–Trinajstić information content (AvgIpc) is 3.73. The average molecular weight is 983 g/mol. The first-order chi connectivity index (χ1) is 31.5. The molecular weight excluding hydrogens is 969 g/mol. The molecule has 1 heterocycles. The molecular formula is C43H14BF20NOS. The zero-order chi connectivity index (χ0) is 49.3. The van der Waals surface area contributed by atoms with Crippen molar-refractivity contribution in [2.24, 2.45) is 0 Å². The maximum Gasteiger partial charge on any atom is 0.228 e. The Hall–Kier alpha value is -6.98. The summed E-state index contributed by atoms with van der Waals surface area (Å²) in [5.41, 5.74) is -10.4. The Labute approximate surface area is 363 Å². The van der Waals surface area contributed by atoms with Crippen molar-refractivity contribution in [3.8, 4) is 0 Å². The van der Waals surface area contributed by atoms with Gasteiger partial charge in [-0.1, -0.05) is 65.9 Å². The number of benzene rings is 7. The molecule has 0 amide bonds. The predicted octanol–water partition coefficient (Wildman–Crippen LogP) is 10.1. The van der Waals surface area contributed by atoms with Crippen molar-refractivity contribution in [1.82, 2.24) is 0 Å². The number of hydrogen-bond donors (Lipinski definition) is 0. The van der Waals surface area contributed by atoms with Gasteiger partial charge in [0.25, 0.3) is 0 Å². The van der Waals surface area contributed by atoms with Crippen LogP contribution in [0.15, 0.2) is 72.2 Å². The number of carbonyl (C=O) groups excluding carboxylic acids is 1. The summed E-state index contributed by atoms with van der Waals surface area (Å²) >= 11 is 1.67. The molecule has 0 saturated heterocycles. The van der Waals surface area contributed by atoms with Gasteiger partial charge in [-0.3, -0.25) is 4.79 Å². The van der Waals surface area contributed by atoms with Gasteiger partial charge in [-0.15, -0.1) is 21.9 Å². The summed E-state index contributed by atoms with van der Waals surface area (Å²) < 4.78 is 297. The molecule has 67 heavy (non-hydrogen) atoms. The van der Waals surface area contributed by atoms with Crippen LogP contribution in [-0.2, 0) is 6.54 Å². The highest BCUT2D eigenvalue weighted by Crippen LogP contribution is 2.31. The van der Waals surface area contributed by atoms with Crippen LogP contribution in [0.5, 0.6) is 0 Å². The second kappa shape index (κ2) is 17.7. The third-order valence-corrected chi connectivity index (χ3v) is 11.6. The molecule has 346 valence electrons. The van der Waals surface area contributed by atoms with E-state index in [1.807, 2.05) is 64.7 Å². The maximum atomic E-state index is 15.4. The number of hydrogen-bond acceptors (Lipinski definition) is 2. The fourth-order valence-electron chi connectivity index (χ4n) is 7.68. The summed E-state index contributed by atoms with van der Waals surface area (Å²) in [4.78, 5) is 12.8. The number of ketones is 1. The van der Waals surface area contributed by atoms with Gasteiger partial charge < -0.3 is 0 Å². The van der Waals surface area contributed by atoms with E-state index >= 15 is 35.1 Å². The van der Waals surface area contributed by atoms with Gasteiger partial charge in [-0.05, 0) is 16.8 Å². The number of para-hydroxylation sites is 1. The van der Waals surface area contributed by atoms with Crippen molar-refractivity contribution in [1.29, 1.82) is 0 Å². The van der Waals surface area contributed by atoms with Gasteiger partial charge in [0.2, 0.25) is 23.4 Å². The lowest BCUT2D eigenvalue weighted by atomic mass is 9.12. The van der Waals surface area contributed by atoms with Crippen molar-refractivity contribution in [2.45, 2.75) is 6.54 Å². The summed E-state index contributed by atoms with van der Waals surface area (Å²) in [6.07, 6.45) is -7.22. The van der Waals surface area contributed by atoms with Gasteiger partial charge in [0, 0.05) is 11.6 Å². The van der Waals surface area contributed by atoms with E-state index in [9.17, 15) is 57.5 Å². The Bertz CT molecular complexity index is 2990. The molecule has 0 fully saturated rings. The van der Waals surface area contributed by atoms with Crippen molar-refractivity contribution >= 4 is 66.1 Å². The van der Waals surface area contributed by atoms with E-state index < -0.39 is 144 Å². The quantitative estimate of drug-likeness (QED) is 0.0389. The normalized spacial score (nSPS) is 11.7. The SMILES string of the molecule is Fc1c(F)c(F)c([B-](c2c(F)c(F)c(F)c(F)c2F)(c2c(F)c(F)c(F)c(F)c2F)c2c(F)c(F)c(F)c(F)c2F)c(F)c1F.O=C(C[n+]1csc2ccccc21)c1cccc2ccccc12. The van der Waals surface area contributed by atoms with Crippen LogP contribution in [-0.4, -0.2) is 11.9 Å². The first-order valence-electron chi connectivity index (χ1n) is 18.1. The highest BCUT2D eigenvalue weighted by molar-refractivity contribution is 7.20. The molecule has 0 bridgehead atoms. The predicted molar refractivity (Wildman–Crippen MR) is 200 cm³/mol. The van der Waals surface area contributed by atoms with Crippen LogP contribution >= 0.6 is 11.3 Å². The zero-order valence-electron chi connectivity index (χ0n) is 32.0. The summed E-state index contributed by atoms with van der Waals surface area (Å²) in [7, 11) is 0. The maximum absolute atomic E-state index is 15.4. The minimum Gasteiger partial charge on any atom is -0.287 e. The molecule has 8 rings (SSSR count). The highest BCUT2D eigenvalue weighted by Gasteiger charge is 2.52. The van der Waals surface area contributed by atoms with Crippen LogP contribution in [0.3, 0.4) is 0 Å². The van der Waals surface area contributed by atoms with Gasteiger partial charge in [-0.25, -0.2) is 87.8 Å². The number of Topliss-reactive ketones (excluding diaryl/α,β-unsaturated/α-hetero) is 1. The molecule has 0 radical (unpaired) electrons. The van der Waals surface area contributed by atoms with E-state index in [1.165, 1.54) is 4.70 Å². The fraction of sp³-hybridized carbons (Fsp3) is 0.0233. The van der Waals surface area contributed by atoms with Crippen molar-refractivity contribution in [3.05, 3.63) is 194 Å². The molecule has 0 saturated carbocycles. The lowest BCUT2D eigenvalue weighted by Crippen LogP contribution is -2.81. The molecule has 7 aromatic carbocycles. The van der Waals surface area contributed by atoms with E-state index in [4.69, 9.17) is 0 Å². The molecule has 1 aromatic heterocycles. The van der Waals surface area contributed by atoms with Crippen LogP contribution in [0, 0.1) is 116 Å². The summed E-state index contributed by atoms with van der Waals surface area (Å²) in [6.45, 7) is 0.373. The van der Waals surface area contributed by atoms with Crippen LogP contribution < -0.4 is 26.4 Å². The second-order valence-electron chi connectivity index (χ2n) is 14.1. The van der Waals surface area contributed by atoms with E-state index in [0.717, 1.165) is 21.9 Å². The molecule has 8 aromatic rings. The minimum absolute atomic E-state index is 0.144. The molecule has 0 aliphatic heterocycles. The second-order valence-corrected chi connectivity index (χ2v) is 15.0. The lowest BCUT2D eigenvalue weighted by Gasteiger charge is -2.44. The largest absolute Gasteiger partial charge is 0.287 e. The standard InChI is InChI=1S/C24BF20.C19H14NOS/c26-5-1(6(27)14(35)21(42)13(5)34)25(2-7(28)15(36)22(43)16(37)8(2)29,3-9(30)17(38)23(44)18(39)10(3)31)4-11(32)19(40)24(45)20(41)12(4)33;21-18(12-20-13-22-19-11-4-3-10-17(19)20)16-9-5-7-14-6-1-2-8-15(14)16/h;1-11,13H,12H2/q-1;+1. The van der Waals surface area contributed by atoms with E-state index in [-0.39, 0.29) is 5.78 Å². The molecule has 0 unspecified atom stereocenters. The first-order valence-corrected chi connectivity index (χ1v) is 19.0. The number of fused-ring (bicyclic) bond motifs is 2. The Morgan fingerprint density at radius 2 is 0.701 bits per heavy atom. The van der Waals surface area contributed by atoms with Crippen LogP contribution in [0.2, 0.25) is 0 Å². The third kappa shape index (κ3) is 7.31. The number of aromatic nitrogens is 1. The van der Waals surface area contributed by atoms with Gasteiger partial charge in [0.05, 0.1) is 0 Å². The van der Waals surface area contributed by atoms with Gasteiger partial charge in [0.15, 0.2) is 69.8 Å². The number of halogens is 20. The van der Waals surface area contributed by atoms with Crippen molar-refractivity contribution < 1.29 is 97.2 Å². The van der Waals surface area contributed by atoms with Gasteiger partial charge in [-0.2, -0.15) is 4.57 Å². The Balaban J connectivity index is 0.000000250. The summed E-state index contributed by atoms with van der Waals surface area (Å²) in [5, 5.41) is 2.13. The number of thiazole rings is 1. The summed E-state index contributed by atoms with van der Waals surface area (Å²) in [5.74, 6) is -71.3. The lowest BCUT2D eigenvalue weighted by molar-refractivity contribution is -0.652. The van der Waals surface area contributed by atoms with E-state index in [2.05, 4.69) is 12.1 Å². The molecule has 0 aliphatic rings. The fourth-order valence-corrected chi connectivity index (χ4v) is 8.57. The van der Waals surface area contributed by atoms with Crippen LogP contribution in [0.4, 0.5) is 87.8 Å². The number of carbonyl (C=O) groups is 1. The minimum atomic E-state index is -7.22. The Kier molecular flexibility index (Phi) is 12.7. The Morgan fingerprint density at radius 1 is 0.388 bits per heavy atom.